The Morgan fingerprint density at radius 2 is 2.27 bits per heavy atom. The highest BCUT2D eigenvalue weighted by atomic mass is 16.2. The summed E-state index contributed by atoms with van der Waals surface area (Å²) in [6.45, 7) is 4.30. The second-order valence-corrected chi connectivity index (χ2v) is 7.25. The van der Waals surface area contributed by atoms with Gasteiger partial charge in [-0.2, -0.15) is 5.10 Å². The fourth-order valence-electron chi connectivity index (χ4n) is 3.95. The van der Waals surface area contributed by atoms with E-state index in [1.165, 1.54) is 0 Å². The Morgan fingerprint density at radius 1 is 1.38 bits per heavy atom. The summed E-state index contributed by atoms with van der Waals surface area (Å²) in [4.78, 5) is 31.3. The van der Waals surface area contributed by atoms with Gasteiger partial charge in [0, 0.05) is 38.3 Å². The van der Waals surface area contributed by atoms with Crippen molar-refractivity contribution >= 4 is 11.8 Å². The van der Waals surface area contributed by atoms with Crippen molar-refractivity contribution in [2.24, 2.45) is 5.92 Å². The van der Waals surface area contributed by atoms with Crippen LogP contribution >= 0.6 is 0 Å². The molecule has 2 aliphatic rings. The standard InChI is InChI=1S/C18H24N6O2/c1-12(22-17(25)7-13-8-20-21-9-13)14-4-6-23(11-14)18(26)15-10-19-16-3-2-5-24(15)16/h8-10,12,14H,2-7,11H2,1H3,(H,20,21)(H,22,25). The van der Waals surface area contributed by atoms with Gasteiger partial charge in [0.05, 0.1) is 18.8 Å². The van der Waals surface area contributed by atoms with Gasteiger partial charge >= 0.3 is 0 Å². The van der Waals surface area contributed by atoms with Crippen LogP contribution in [0.15, 0.2) is 18.6 Å². The summed E-state index contributed by atoms with van der Waals surface area (Å²) in [5.41, 5.74) is 1.57. The number of aryl methyl sites for hydroxylation is 1. The second kappa shape index (κ2) is 6.93. The van der Waals surface area contributed by atoms with Crippen molar-refractivity contribution in [1.82, 2.24) is 30.0 Å². The first-order valence-electron chi connectivity index (χ1n) is 9.22. The molecule has 0 aliphatic carbocycles. The molecule has 4 rings (SSSR count). The normalized spacial score (nSPS) is 20.2. The summed E-state index contributed by atoms with van der Waals surface area (Å²) < 4.78 is 2.05. The Hall–Kier alpha value is -2.64. The molecule has 0 aromatic carbocycles. The molecular weight excluding hydrogens is 332 g/mol. The number of rotatable bonds is 5. The molecule has 2 aromatic rings. The van der Waals surface area contributed by atoms with E-state index in [2.05, 4.69) is 20.5 Å². The van der Waals surface area contributed by atoms with Crippen LogP contribution in [0.3, 0.4) is 0 Å². The molecule has 0 bridgehead atoms. The van der Waals surface area contributed by atoms with Gasteiger partial charge in [0.25, 0.3) is 5.91 Å². The number of imidazole rings is 1. The first-order valence-corrected chi connectivity index (χ1v) is 9.22. The van der Waals surface area contributed by atoms with Crippen LogP contribution in [-0.4, -0.2) is 55.6 Å². The highest BCUT2D eigenvalue weighted by Gasteiger charge is 2.33. The maximum atomic E-state index is 12.8. The number of aromatic nitrogens is 4. The number of carbonyl (C=O) groups excluding carboxylic acids is 2. The van der Waals surface area contributed by atoms with E-state index in [-0.39, 0.29) is 23.8 Å². The second-order valence-electron chi connectivity index (χ2n) is 7.25. The van der Waals surface area contributed by atoms with Gasteiger partial charge in [-0.15, -0.1) is 0 Å². The summed E-state index contributed by atoms with van der Waals surface area (Å²) in [7, 11) is 0. The van der Waals surface area contributed by atoms with Crippen molar-refractivity contribution in [2.75, 3.05) is 13.1 Å². The van der Waals surface area contributed by atoms with Crippen molar-refractivity contribution in [3.8, 4) is 0 Å². The van der Waals surface area contributed by atoms with Gasteiger partial charge in [-0.05, 0) is 31.2 Å². The van der Waals surface area contributed by atoms with Gasteiger partial charge in [0.2, 0.25) is 5.91 Å². The van der Waals surface area contributed by atoms with E-state index in [4.69, 9.17) is 0 Å². The van der Waals surface area contributed by atoms with Gasteiger partial charge in [-0.1, -0.05) is 0 Å². The molecule has 1 saturated heterocycles. The average Bonchev–Trinajstić information content (AvgIpc) is 3.37. The van der Waals surface area contributed by atoms with Crippen LogP contribution < -0.4 is 5.32 Å². The van der Waals surface area contributed by atoms with Crippen LogP contribution in [0.2, 0.25) is 0 Å². The maximum Gasteiger partial charge on any atom is 0.272 e. The van der Waals surface area contributed by atoms with Gasteiger partial charge in [-0.25, -0.2) is 4.98 Å². The van der Waals surface area contributed by atoms with E-state index < -0.39 is 0 Å². The molecule has 2 aliphatic heterocycles. The molecule has 1 fully saturated rings. The van der Waals surface area contributed by atoms with Crippen molar-refractivity contribution in [1.29, 1.82) is 0 Å². The Balaban J connectivity index is 1.32. The highest BCUT2D eigenvalue weighted by Crippen LogP contribution is 2.24. The molecule has 8 heteroatoms. The number of likely N-dealkylation sites (tertiary alicyclic amines) is 1. The third-order valence-electron chi connectivity index (χ3n) is 5.47. The molecule has 8 nitrogen and oxygen atoms in total. The van der Waals surface area contributed by atoms with Gasteiger partial charge in [0.15, 0.2) is 0 Å². The van der Waals surface area contributed by atoms with Crippen molar-refractivity contribution in [2.45, 2.75) is 45.2 Å². The lowest BCUT2D eigenvalue weighted by molar-refractivity contribution is -0.121. The van der Waals surface area contributed by atoms with E-state index in [0.717, 1.165) is 43.7 Å². The Bertz CT molecular complexity index is 797. The third-order valence-corrected chi connectivity index (χ3v) is 5.47. The van der Waals surface area contributed by atoms with E-state index in [1.54, 1.807) is 18.6 Å². The van der Waals surface area contributed by atoms with E-state index >= 15 is 0 Å². The SMILES string of the molecule is CC(NC(=O)Cc1cn[nH]c1)C1CCN(C(=O)c2cnc3n2CCC3)C1. The molecule has 4 heterocycles. The number of carbonyl (C=O) groups is 2. The third kappa shape index (κ3) is 3.23. The Morgan fingerprint density at radius 3 is 3.08 bits per heavy atom. The topological polar surface area (TPSA) is 95.9 Å². The zero-order valence-corrected chi connectivity index (χ0v) is 14.9. The molecule has 0 radical (unpaired) electrons. The smallest absolute Gasteiger partial charge is 0.272 e. The highest BCUT2D eigenvalue weighted by molar-refractivity contribution is 5.92. The number of nitrogens with zero attached hydrogens (tertiary/aromatic N) is 4. The summed E-state index contributed by atoms with van der Waals surface area (Å²) in [6, 6.07) is 0.0309. The molecule has 2 aromatic heterocycles. The van der Waals surface area contributed by atoms with E-state index in [0.29, 0.717) is 18.7 Å². The van der Waals surface area contributed by atoms with Crippen molar-refractivity contribution in [3.05, 3.63) is 35.7 Å². The molecule has 2 N–H and O–H groups in total. The van der Waals surface area contributed by atoms with Crippen LogP contribution in [-0.2, 0) is 24.2 Å². The van der Waals surface area contributed by atoms with Crippen molar-refractivity contribution < 1.29 is 9.59 Å². The molecule has 0 saturated carbocycles. The van der Waals surface area contributed by atoms with Crippen LogP contribution in [0.5, 0.6) is 0 Å². The van der Waals surface area contributed by atoms with Crippen LogP contribution in [0, 0.1) is 5.92 Å². The Kier molecular flexibility index (Phi) is 4.48. The number of aromatic amines is 1. The number of nitrogens with one attached hydrogen (secondary N) is 2. The van der Waals surface area contributed by atoms with Crippen LogP contribution in [0.25, 0.3) is 0 Å². The average molecular weight is 356 g/mol. The molecule has 2 unspecified atom stereocenters. The molecule has 2 amide bonds. The van der Waals surface area contributed by atoms with Crippen molar-refractivity contribution in [3.63, 3.8) is 0 Å². The minimum Gasteiger partial charge on any atom is -0.353 e. The Labute approximate surface area is 152 Å². The predicted molar refractivity (Wildman–Crippen MR) is 94.5 cm³/mol. The number of hydrogen-bond donors (Lipinski definition) is 2. The monoisotopic (exact) mass is 356 g/mol. The summed E-state index contributed by atoms with van der Waals surface area (Å²) >= 11 is 0. The van der Waals surface area contributed by atoms with E-state index in [9.17, 15) is 9.59 Å². The maximum absolute atomic E-state index is 12.8. The lowest BCUT2D eigenvalue weighted by atomic mass is 10.0. The fraction of sp³-hybridized carbons (Fsp3) is 0.556. The van der Waals surface area contributed by atoms with Gasteiger partial charge in [0.1, 0.15) is 11.5 Å². The largest absolute Gasteiger partial charge is 0.353 e. The van der Waals surface area contributed by atoms with Gasteiger partial charge < -0.3 is 14.8 Å². The molecule has 26 heavy (non-hydrogen) atoms. The number of hydrogen-bond acceptors (Lipinski definition) is 4. The first kappa shape index (κ1) is 16.8. The lowest BCUT2D eigenvalue weighted by Gasteiger charge is -2.22. The van der Waals surface area contributed by atoms with Gasteiger partial charge in [-0.3, -0.25) is 14.7 Å². The zero-order valence-electron chi connectivity index (χ0n) is 14.9. The summed E-state index contributed by atoms with van der Waals surface area (Å²) in [6.07, 6.45) is 8.33. The molecule has 2 atom stereocenters. The first-order chi connectivity index (χ1) is 12.6. The summed E-state index contributed by atoms with van der Waals surface area (Å²) in [5, 5.41) is 9.63. The minimum absolute atomic E-state index is 0.0164. The van der Waals surface area contributed by atoms with Crippen LogP contribution in [0.1, 0.15) is 41.6 Å². The van der Waals surface area contributed by atoms with E-state index in [1.807, 2.05) is 16.4 Å². The molecule has 138 valence electrons. The summed E-state index contributed by atoms with van der Waals surface area (Å²) in [5.74, 6) is 1.33. The molecular formula is C18H24N6O2. The number of H-pyrrole nitrogens is 1. The predicted octanol–water partition coefficient (Wildman–Crippen LogP) is 0.762. The van der Waals surface area contributed by atoms with Crippen LogP contribution in [0.4, 0.5) is 0 Å². The molecule has 0 spiro atoms. The fourth-order valence-corrected chi connectivity index (χ4v) is 3.95. The minimum atomic E-state index is -0.0164. The zero-order chi connectivity index (χ0) is 18.1. The quantitative estimate of drug-likeness (QED) is 0.827. The lowest BCUT2D eigenvalue weighted by Crippen LogP contribution is -2.40. The number of fused-ring (bicyclic) bond motifs is 1. The number of amides is 2.